The van der Waals surface area contributed by atoms with E-state index < -0.39 is 6.43 Å². The lowest BCUT2D eigenvalue weighted by Gasteiger charge is -2.05. The Labute approximate surface area is 102 Å². The van der Waals surface area contributed by atoms with Crippen LogP contribution in [0.1, 0.15) is 22.6 Å². The highest BCUT2D eigenvalue weighted by Gasteiger charge is 2.07. The molecule has 0 spiro atoms. The number of benzene rings is 1. The summed E-state index contributed by atoms with van der Waals surface area (Å²) in [4.78, 5) is 0. The molecule has 0 unspecified atom stereocenters. The van der Waals surface area contributed by atoms with Crippen molar-refractivity contribution < 1.29 is 8.78 Å². The largest absolute Gasteiger partial charge is 0.356 e. The van der Waals surface area contributed by atoms with Crippen molar-refractivity contribution in [3.63, 3.8) is 0 Å². The number of nitrogens with one attached hydrogen (secondary N) is 1. The van der Waals surface area contributed by atoms with E-state index >= 15 is 0 Å². The molecule has 0 aliphatic heterocycles. The van der Waals surface area contributed by atoms with Crippen molar-refractivity contribution in [2.75, 3.05) is 5.32 Å². The SMILES string of the molecule is Cc1nnc(NCc2cccc(C(F)F)c2)s1. The van der Waals surface area contributed by atoms with Crippen molar-refractivity contribution in [3.05, 3.63) is 40.4 Å². The van der Waals surface area contributed by atoms with Crippen molar-refractivity contribution in [1.82, 2.24) is 10.2 Å². The molecule has 0 fully saturated rings. The zero-order chi connectivity index (χ0) is 12.3. The second-order valence-electron chi connectivity index (χ2n) is 3.53. The molecule has 6 heteroatoms. The Balaban J connectivity index is 2.01. The molecule has 2 aromatic rings. The maximum atomic E-state index is 12.5. The third kappa shape index (κ3) is 3.20. The second-order valence-corrected chi connectivity index (χ2v) is 4.71. The van der Waals surface area contributed by atoms with Gasteiger partial charge >= 0.3 is 0 Å². The first-order valence-electron chi connectivity index (χ1n) is 5.06. The molecule has 0 amide bonds. The molecule has 2 rings (SSSR count). The van der Waals surface area contributed by atoms with Crippen molar-refractivity contribution >= 4 is 16.5 Å². The summed E-state index contributed by atoms with van der Waals surface area (Å²) in [6.45, 7) is 2.33. The first-order valence-corrected chi connectivity index (χ1v) is 5.88. The van der Waals surface area contributed by atoms with Gasteiger partial charge in [-0.15, -0.1) is 10.2 Å². The number of alkyl halides is 2. The quantitative estimate of drug-likeness (QED) is 0.910. The third-order valence-corrected chi connectivity index (χ3v) is 2.97. The summed E-state index contributed by atoms with van der Waals surface area (Å²) >= 11 is 1.44. The summed E-state index contributed by atoms with van der Waals surface area (Å²) in [5, 5.41) is 12.4. The average molecular weight is 255 g/mol. The van der Waals surface area contributed by atoms with Gasteiger partial charge in [0.1, 0.15) is 5.01 Å². The average Bonchev–Trinajstić information content (AvgIpc) is 2.73. The highest BCUT2D eigenvalue weighted by molar-refractivity contribution is 7.15. The first kappa shape index (κ1) is 11.9. The summed E-state index contributed by atoms with van der Waals surface area (Å²) < 4.78 is 24.9. The van der Waals surface area contributed by atoms with Crippen molar-refractivity contribution in [1.29, 1.82) is 0 Å². The Hall–Kier alpha value is -1.56. The van der Waals surface area contributed by atoms with Gasteiger partial charge < -0.3 is 5.32 Å². The van der Waals surface area contributed by atoms with Crippen LogP contribution in [0.15, 0.2) is 24.3 Å². The lowest BCUT2D eigenvalue weighted by Crippen LogP contribution is -1.99. The molecule has 1 aromatic heterocycles. The molecule has 0 atom stereocenters. The van der Waals surface area contributed by atoms with Gasteiger partial charge in [-0.05, 0) is 18.6 Å². The van der Waals surface area contributed by atoms with Crippen LogP contribution in [0.25, 0.3) is 0 Å². The predicted octanol–water partition coefficient (Wildman–Crippen LogP) is 3.40. The van der Waals surface area contributed by atoms with Crippen LogP contribution in [0.3, 0.4) is 0 Å². The molecule has 0 aliphatic carbocycles. The Morgan fingerprint density at radius 2 is 2.18 bits per heavy atom. The first-order chi connectivity index (χ1) is 8.15. The van der Waals surface area contributed by atoms with Gasteiger partial charge in [0, 0.05) is 12.1 Å². The lowest BCUT2D eigenvalue weighted by atomic mass is 10.1. The van der Waals surface area contributed by atoms with E-state index in [-0.39, 0.29) is 5.56 Å². The number of aryl methyl sites for hydroxylation is 1. The molecule has 0 saturated heterocycles. The number of aromatic nitrogens is 2. The van der Waals surface area contributed by atoms with E-state index in [1.54, 1.807) is 12.1 Å². The van der Waals surface area contributed by atoms with Crippen LogP contribution >= 0.6 is 11.3 Å². The normalized spacial score (nSPS) is 10.8. The molecular weight excluding hydrogens is 244 g/mol. The van der Waals surface area contributed by atoms with Gasteiger partial charge in [0.05, 0.1) is 0 Å². The van der Waals surface area contributed by atoms with Gasteiger partial charge in [0.25, 0.3) is 6.43 Å². The van der Waals surface area contributed by atoms with Crippen molar-refractivity contribution in [2.24, 2.45) is 0 Å². The van der Waals surface area contributed by atoms with E-state index in [2.05, 4.69) is 15.5 Å². The van der Waals surface area contributed by atoms with E-state index in [0.29, 0.717) is 11.7 Å². The van der Waals surface area contributed by atoms with Gasteiger partial charge in [-0.25, -0.2) is 8.78 Å². The highest BCUT2D eigenvalue weighted by Crippen LogP contribution is 2.20. The fourth-order valence-electron chi connectivity index (χ4n) is 1.38. The zero-order valence-electron chi connectivity index (χ0n) is 9.15. The summed E-state index contributed by atoms with van der Waals surface area (Å²) in [5.41, 5.74) is 0.841. The van der Waals surface area contributed by atoms with Gasteiger partial charge in [0.15, 0.2) is 0 Å². The zero-order valence-corrected chi connectivity index (χ0v) is 9.97. The van der Waals surface area contributed by atoms with E-state index in [9.17, 15) is 8.78 Å². The molecule has 1 aromatic carbocycles. The number of halogens is 2. The lowest BCUT2D eigenvalue weighted by molar-refractivity contribution is 0.151. The van der Waals surface area contributed by atoms with E-state index in [0.717, 1.165) is 10.6 Å². The Morgan fingerprint density at radius 1 is 1.35 bits per heavy atom. The minimum absolute atomic E-state index is 0.0396. The number of hydrogen-bond acceptors (Lipinski definition) is 4. The van der Waals surface area contributed by atoms with Crippen LogP contribution in [-0.2, 0) is 6.54 Å². The summed E-state index contributed by atoms with van der Waals surface area (Å²) in [5.74, 6) is 0. The molecule has 0 aliphatic rings. The van der Waals surface area contributed by atoms with Crippen LogP contribution in [0.4, 0.5) is 13.9 Å². The molecular formula is C11H11F2N3S. The maximum absolute atomic E-state index is 12.5. The Morgan fingerprint density at radius 3 is 2.82 bits per heavy atom. The third-order valence-electron chi connectivity index (χ3n) is 2.17. The fourth-order valence-corrected chi connectivity index (χ4v) is 1.97. The monoisotopic (exact) mass is 255 g/mol. The van der Waals surface area contributed by atoms with Crippen LogP contribution in [0.5, 0.6) is 0 Å². The van der Waals surface area contributed by atoms with Crippen LogP contribution in [-0.4, -0.2) is 10.2 Å². The van der Waals surface area contributed by atoms with Crippen LogP contribution < -0.4 is 5.32 Å². The topological polar surface area (TPSA) is 37.8 Å². The van der Waals surface area contributed by atoms with Gasteiger partial charge in [-0.1, -0.05) is 29.5 Å². The summed E-state index contributed by atoms with van der Waals surface area (Å²) in [6, 6.07) is 6.34. The number of hydrogen-bond donors (Lipinski definition) is 1. The van der Waals surface area contributed by atoms with Crippen LogP contribution in [0.2, 0.25) is 0 Å². The standard InChI is InChI=1S/C11H11F2N3S/c1-7-15-16-11(17-7)14-6-8-3-2-4-9(5-8)10(12)13/h2-5,10H,6H2,1H3,(H,14,16). The minimum atomic E-state index is -2.43. The Kier molecular flexibility index (Phi) is 3.63. The van der Waals surface area contributed by atoms with E-state index in [1.165, 1.54) is 23.5 Å². The molecule has 1 N–H and O–H groups in total. The molecule has 90 valence electrons. The van der Waals surface area contributed by atoms with Gasteiger partial charge in [0.2, 0.25) is 5.13 Å². The molecule has 3 nitrogen and oxygen atoms in total. The molecule has 0 bridgehead atoms. The van der Waals surface area contributed by atoms with Crippen LogP contribution in [0, 0.1) is 6.92 Å². The Bertz CT molecular complexity index is 499. The minimum Gasteiger partial charge on any atom is -0.356 e. The number of rotatable bonds is 4. The smallest absolute Gasteiger partial charge is 0.263 e. The number of nitrogens with zero attached hydrogens (tertiary/aromatic N) is 2. The molecule has 17 heavy (non-hydrogen) atoms. The molecule has 0 saturated carbocycles. The maximum Gasteiger partial charge on any atom is 0.263 e. The van der Waals surface area contributed by atoms with Gasteiger partial charge in [-0.2, -0.15) is 0 Å². The van der Waals surface area contributed by atoms with Crippen molar-refractivity contribution in [2.45, 2.75) is 19.9 Å². The van der Waals surface area contributed by atoms with E-state index in [1.807, 2.05) is 6.92 Å². The highest BCUT2D eigenvalue weighted by atomic mass is 32.1. The van der Waals surface area contributed by atoms with Crippen molar-refractivity contribution in [3.8, 4) is 0 Å². The summed E-state index contributed by atoms with van der Waals surface area (Å²) in [7, 11) is 0. The van der Waals surface area contributed by atoms with E-state index in [4.69, 9.17) is 0 Å². The second kappa shape index (κ2) is 5.18. The fraction of sp³-hybridized carbons (Fsp3) is 0.273. The summed E-state index contributed by atoms with van der Waals surface area (Å²) in [6.07, 6.45) is -2.43. The van der Waals surface area contributed by atoms with Gasteiger partial charge in [-0.3, -0.25) is 0 Å². The molecule has 1 heterocycles. The molecule has 0 radical (unpaired) electrons. The number of anilines is 1. The predicted molar refractivity (Wildman–Crippen MR) is 63.4 cm³/mol.